The van der Waals surface area contributed by atoms with Crippen molar-refractivity contribution in [1.29, 1.82) is 0 Å². The highest BCUT2D eigenvalue weighted by Crippen LogP contribution is 2.17. The topological polar surface area (TPSA) is 64.7 Å². The first-order valence-corrected chi connectivity index (χ1v) is 6.89. The molecule has 6 nitrogen and oxygen atoms in total. The van der Waals surface area contributed by atoms with Gasteiger partial charge in [0.2, 0.25) is 5.91 Å². The van der Waals surface area contributed by atoms with Crippen LogP contribution in [0.25, 0.3) is 0 Å². The summed E-state index contributed by atoms with van der Waals surface area (Å²) in [6, 6.07) is -0.399. The van der Waals surface area contributed by atoms with Crippen LogP contribution >= 0.6 is 11.6 Å². The van der Waals surface area contributed by atoms with Gasteiger partial charge in [-0.15, -0.1) is 0 Å². The lowest BCUT2D eigenvalue weighted by atomic mass is 10.3. The molecule has 2 aromatic rings. The van der Waals surface area contributed by atoms with Crippen LogP contribution in [0.15, 0.2) is 18.6 Å². The summed E-state index contributed by atoms with van der Waals surface area (Å²) in [6.07, 6.45) is 5.22. The average Bonchev–Trinajstić information content (AvgIpc) is 3.03. The summed E-state index contributed by atoms with van der Waals surface area (Å²) < 4.78 is 3.44. The molecule has 0 fully saturated rings. The summed E-state index contributed by atoms with van der Waals surface area (Å²) in [7, 11) is 0. The molecule has 1 unspecified atom stereocenters. The van der Waals surface area contributed by atoms with Gasteiger partial charge in [0.25, 0.3) is 0 Å². The molecular weight excluding hydrogens is 278 g/mol. The SMILES string of the molecule is CCn1cc(CNC(=O)C(C)n2ncc(Cl)c2C)cn1. The lowest BCUT2D eigenvalue weighted by Gasteiger charge is -2.14. The molecule has 0 bridgehead atoms. The Bertz CT molecular complexity index is 604. The van der Waals surface area contributed by atoms with Crippen LogP contribution in [0.2, 0.25) is 5.02 Å². The Morgan fingerprint density at radius 3 is 2.75 bits per heavy atom. The van der Waals surface area contributed by atoms with Gasteiger partial charge in [-0.05, 0) is 20.8 Å². The van der Waals surface area contributed by atoms with Gasteiger partial charge >= 0.3 is 0 Å². The number of carbonyl (C=O) groups is 1. The van der Waals surface area contributed by atoms with Crippen LogP contribution in [0.4, 0.5) is 0 Å². The van der Waals surface area contributed by atoms with Gasteiger partial charge in [0.05, 0.1) is 23.1 Å². The third kappa shape index (κ3) is 3.01. The van der Waals surface area contributed by atoms with Crippen molar-refractivity contribution in [3.05, 3.63) is 34.9 Å². The Kier molecular flexibility index (Phi) is 4.44. The largest absolute Gasteiger partial charge is 0.350 e. The van der Waals surface area contributed by atoms with E-state index in [1.807, 2.05) is 24.7 Å². The molecule has 1 amide bonds. The second kappa shape index (κ2) is 6.09. The van der Waals surface area contributed by atoms with E-state index in [9.17, 15) is 4.79 Å². The maximum atomic E-state index is 12.1. The Balaban J connectivity index is 1.96. The zero-order valence-corrected chi connectivity index (χ0v) is 12.6. The number of rotatable bonds is 5. The minimum absolute atomic E-state index is 0.0999. The molecule has 0 saturated heterocycles. The maximum Gasteiger partial charge on any atom is 0.244 e. The Morgan fingerprint density at radius 1 is 1.45 bits per heavy atom. The number of amides is 1. The fraction of sp³-hybridized carbons (Fsp3) is 0.462. The first-order chi connectivity index (χ1) is 9.52. The molecule has 2 heterocycles. The molecule has 2 aromatic heterocycles. The summed E-state index contributed by atoms with van der Waals surface area (Å²) >= 11 is 5.94. The third-order valence-electron chi connectivity index (χ3n) is 3.21. The highest BCUT2D eigenvalue weighted by molar-refractivity contribution is 6.31. The smallest absolute Gasteiger partial charge is 0.244 e. The fourth-order valence-corrected chi connectivity index (χ4v) is 2.04. The highest BCUT2D eigenvalue weighted by atomic mass is 35.5. The number of aromatic nitrogens is 4. The normalized spacial score (nSPS) is 12.4. The van der Waals surface area contributed by atoms with Gasteiger partial charge in [-0.3, -0.25) is 14.2 Å². The number of nitrogens with one attached hydrogen (secondary N) is 1. The molecule has 2 rings (SSSR count). The number of carbonyl (C=O) groups excluding carboxylic acids is 1. The third-order valence-corrected chi connectivity index (χ3v) is 3.58. The van der Waals surface area contributed by atoms with E-state index >= 15 is 0 Å². The average molecular weight is 296 g/mol. The predicted molar refractivity (Wildman–Crippen MR) is 76.4 cm³/mol. The fourth-order valence-electron chi connectivity index (χ4n) is 1.91. The zero-order chi connectivity index (χ0) is 14.7. The summed E-state index contributed by atoms with van der Waals surface area (Å²) in [5, 5.41) is 11.7. The zero-order valence-electron chi connectivity index (χ0n) is 11.8. The van der Waals surface area contributed by atoms with Crippen molar-refractivity contribution in [2.45, 2.75) is 39.9 Å². The van der Waals surface area contributed by atoms with Crippen molar-refractivity contribution in [2.24, 2.45) is 0 Å². The van der Waals surface area contributed by atoms with Crippen LogP contribution in [0.5, 0.6) is 0 Å². The molecule has 1 N–H and O–H groups in total. The van der Waals surface area contributed by atoms with Crippen LogP contribution in [0.3, 0.4) is 0 Å². The predicted octanol–water partition coefficient (Wildman–Crippen LogP) is 1.94. The molecule has 108 valence electrons. The summed E-state index contributed by atoms with van der Waals surface area (Å²) in [5.41, 5.74) is 1.76. The molecule has 0 saturated carbocycles. The highest BCUT2D eigenvalue weighted by Gasteiger charge is 2.18. The number of halogens is 1. The summed E-state index contributed by atoms with van der Waals surface area (Å²) in [6.45, 7) is 6.92. The molecule has 0 aromatic carbocycles. The van der Waals surface area contributed by atoms with Gasteiger partial charge in [0.15, 0.2) is 0 Å². The van der Waals surface area contributed by atoms with E-state index in [1.165, 1.54) is 0 Å². The second-order valence-corrected chi connectivity index (χ2v) is 5.03. The lowest BCUT2D eigenvalue weighted by molar-refractivity contribution is -0.124. The Hall–Kier alpha value is -1.82. The van der Waals surface area contributed by atoms with Gasteiger partial charge in [-0.2, -0.15) is 10.2 Å². The van der Waals surface area contributed by atoms with Crippen LogP contribution in [0.1, 0.15) is 31.1 Å². The molecule has 0 aliphatic carbocycles. The molecule has 1 atom stereocenters. The van der Waals surface area contributed by atoms with Gasteiger partial charge in [0.1, 0.15) is 6.04 Å². The first-order valence-electron chi connectivity index (χ1n) is 6.51. The number of nitrogens with zero attached hydrogens (tertiary/aromatic N) is 4. The van der Waals surface area contributed by atoms with E-state index in [4.69, 9.17) is 11.6 Å². The van der Waals surface area contributed by atoms with E-state index in [1.54, 1.807) is 24.0 Å². The molecule has 7 heteroatoms. The molecular formula is C13H18ClN5O. The van der Waals surface area contributed by atoms with E-state index in [0.29, 0.717) is 11.6 Å². The van der Waals surface area contributed by atoms with Crippen LogP contribution in [-0.4, -0.2) is 25.5 Å². The first kappa shape index (κ1) is 14.6. The van der Waals surface area contributed by atoms with Crippen molar-refractivity contribution in [3.63, 3.8) is 0 Å². The van der Waals surface area contributed by atoms with E-state index in [0.717, 1.165) is 17.8 Å². The monoisotopic (exact) mass is 295 g/mol. The summed E-state index contributed by atoms with van der Waals surface area (Å²) in [4.78, 5) is 12.1. The molecule has 20 heavy (non-hydrogen) atoms. The van der Waals surface area contributed by atoms with E-state index < -0.39 is 6.04 Å². The minimum atomic E-state index is -0.399. The Labute approximate surface area is 122 Å². The maximum absolute atomic E-state index is 12.1. The van der Waals surface area contributed by atoms with Crippen LogP contribution < -0.4 is 5.32 Å². The van der Waals surface area contributed by atoms with Crippen molar-refractivity contribution >= 4 is 17.5 Å². The van der Waals surface area contributed by atoms with Crippen molar-refractivity contribution in [2.75, 3.05) is 0 Å². The van der Waals surface area contributed by atoms with Crippen LogP contribution in [0, 0.1) is 6.92 Å². The van der Waals surface area contributed by atoms with E-state index in [2.05, 4.69) is 15.5 Å². The van der Waals surface area contributed by atoms with Crippen molar-refractivity contribution in [1.82, 2.24) is 24.9 Å². The second-order valence-electron chi connectivity index (χ2n) is 4.62. The van der Waals surface area contributed by atoms with Crippen molar-refractivity contribution in [3.8, 4) is 0 Å². The quantitative estimate of drug-likeness (QED) is 0.917. The van der Waals surface area contributed by atoms with Gasteiger partial charge in [-0.25, -0.2) is 0 Å². The molecule has 0 aliphatic heterocycles. The minimum Gasteiger partial charge on any atom is -0.350 e. The number of aryl methyl sites for hydroxylation is 1. The number of hydrogen-bond donors (Lipinski definition) is 1. The summed E-state index contributed by atoms with van der Waals surface area (Å²) in [5.74, 6) is -0.0999. The van der Waals surface area contributed by atoms with Gasteiger partial charge in [0, 0.05) is 24.8 Å². The molecule has 0 aliphatic rings. The molecule has 0 radical (unpaired) electrons. The van der Waals surface area contributed by atoms with Crippen molar-refractivity contribution < 1.29 is 4.79 Å². The standard InChI is InChI=1S/C13H18ClN5O/c1-4-18-8-11(6-16-18)5-15-13(20)10(3)19-9(2)12(14)7-17-19/h6-8,10H,4-5H2,1-3H3,(H,15,20). The lowest BCUT2D eigenvalue weighted by Crippen LogP contribution is -2.31. The number of hydrogen-bond acceptors (Lipinski definition) is 3. The van der Waals surface area contributed by atoms with E-state index in [-0.39, 0.29) is 5.91 Å². The van der Waals surface area contributed by atoms with Gasteiger partial charge < -0.3 is 5.32 Å². The Morgan fingerprint density at radius 2 is 2.20 bits per heavy atom. The van der Waals surface area contributed by atoms with Crippen LogP contribution in [-0.2, 0) is 17.9 Å². The van der Waals surface area contributed by atoms with Gasteiger partial charge in [-0.1, -0.05) is 11.6 Å². The molecule has 0 spiro atoms.